The fourth-order valence-electron chi connectivity index (χ4n) is 2.96. The number of carbonyl (C=O) groups is 1. The number of halogens is 3. The smallest absolute Gasteiger partial charge is 0.387 e. The van der Waals surface area contributed by atoms with Gasteiger partial charge in [-0.3, -0.25) is 4.79 Å². The van der Waals surface area contributed by atoms with Gasteiger partial charge in [0.15, 0.2) is 0 Å². The van der Waals surface area contributed by atoms with Crippen LogP contribution in [0, 0.1) is 0 Å². The van der Waals surface area contributed by atoms with Crippen LogP contribution in [-0.2, 0) is 6.61 Å². The van der Waals surface area contributed by atoms with E-state index in [1.54, 1.807) is 6.07 Å². The topological polar surface area (TPSA) is 47.6 Å². The molecule has 158 valence electrons. The van der Waals surface area contributed by atoms with Crippen LogP contribution in [0.1, 0.15) is 15.2 Å². The largest absolute Gasteiger partial charge is 0.489 e. The lowest BCUT2D eigenvalue weighted by Crippen LogP contribution is -2.10. The Morgan fingerprint density at radius 2 is 1.84 bits per heavy atom. The molecule has 1 aromatic heterocycles. The third-order valence-corrected chi connectivity index (χ3v) is 5.68. The van der Waals surface area contributed by atoms with Gasteiger partial charge in [-0.15, -0.1) is 11.3 Å². The summed E-state index contributed by atoms with van der Waals surface area (Å²) in [5.74, 6) is 0.260. The molecule has 1 N–H and O–H groups in total. The molecular formula is C23H16ClF2NO3S. The van der Waals surface area contributed by atoms with Crippen molar-refractivity contribution in [3.63, 3.8) is 0 Å². The van der Waals surface area contributed by atoms with Crippen LogP contribution in [0.2, 0.25) is 5.02 Å². The quantitative estimate of drug-likeness (QED) is 0.324. The molecule has 1 amide bonds. The monoisotopic (exact) mass is 459 g/mol. The Labute approximate surface area is 186 Å². The fraction of sp³-hybridized carbons (Fsp3) is 0.0870. The molecule has 3 aromatic carbocycles. The molecule has 0 spiro atoms. The normalized spacial score (nSPS) is 11.0. The van der Waals surface area contributed by atoms with Crippen LogP contribution in [-0.4, -0.2) is 12.5 Å². The van der Waals surface area contributed by atoms with Gasteiger partial charge in [0.25, 0.3) is 5.91 Å². The van der Waals surface area contributed by atoms with E-state index < -0.39 is 6.61 Å². The zero-order chi connectivity index (χ0) is 21.8. The molecule has 0 saturated heterocycles. The highest BCUT2D eigenvalue weighted by Gasteiger charge is 2.13. The molecule has 8 heteroatoms. The highest BCUT2D eigenvalue weighted by Crippen LogP contribution is 2.29. The van der Waals surface area contributed by atoms with E-state index in [9.17, 15) is 13.6 Å². The molecule has 31 heavy (non-hydrogen) atoms. The van der Waals surface area contributed by atoms with Gasteiger partial charge in [-0.1, -0.05) is 41.9 Å². The van der Waals surface area contributed by atoms with Crippen LogP contribution in [0.4, 0.5) is 14.5 Å². The second-order valence-electron chi connectivity index (χ2n) is 6.59. The van der Waals surface area contributed by atoms with Gasteiger partial charge in [-0.05, 0) is 52.6 Å². The lowest BCUT2D eigenvalue weighted by atomic mass is 10.1. The summed E-state index contributed by atoms with van der Waals surface area (Å²) in [4.78, 5) is 13.0. The van der Waals surface area contributed by atoms with E-state index in [1.165, 1.54) is 29.5 Å². The van der Waals surface area contributed by atoms with Gasteiger partial charge in [0, 0.05) is 11.3 Å². The highest BCUT2D eigenvalue weighted by molar-refractivity contribution is 7.12. The Bertz CT molecular complexity index is 1230. The van der Waals surface area contributed by atoms with Crippen LogP contribution in [0.3, 0.4) is 0 Å². The SMILES string of the molecule is O=C(Nc1ccc(OC(F)F)c(Cl)c1)c1cc(COc2ccc3ccccc3c2)cs1. The molecule has 4 aromatic rings. The van der Waals surface area contributed by atoms with E-state index in [2.05, 4.69) is 10.1 Å². The predicted molar refractivity (Wildman–Crippen MR) is 119 cm³/mol. The molecule has 0 saturated carbocycles. The Kier molecular flexibility index (Phi) is 6.34. The number of nitrogens with one attached hydrogen (secondary N) is 1. The lowest BCUT2D eigenvalue weighted by Gasteiger charge is -2.09. The fourth-order valence-corrected chi connectivity index (χ4v) is 3.97. The zero-order valence-corrected chi connectivity index (χ0v) is 17.6. The summed E-state index contributed by atoms with van der Waals surface area (Å²) >= 11 is 7.20. The zero-order valence-electron chi connectivity index (χ0n) is 16.0. The van der Waals surface area contributed by atoms with E-state index in [0.29, 0.717) is 17.2 Å². The number of anilines is 1. The molecule has 0 fully saturated rings. The minimum Gasteiger partial charge on any atom is -0.489 e. The van der Waals surface area contributed by atoms with Gasteiger partial charge in [-0.2, -0.15) is 8.78 Å². The third kappa shape index (κ3) is 5.31. The van der Waals surface area contributed by atoms with Crippen molar-refractivity contribution in [1.82, 2.24) is 0 Å². The summed E-state index contributed by atoms with van der Waals surface area (Å²) in [6.45, 7) is -2.65. The molecule has 0 aliphatic carbocycles. The molecule has 0 aliphatic heterocycles. The Morgan fingerprint density at radius 3 is 2.61 bits per heavy atom. The molecule has 0 bridgehead atoms. The molecule has 0 aliphatic rings. The number of hydrogen-bond acceptors (Lipinski definition) is 4. The minimum absolute atomic E-state index is 0.0197. The van der Waals surface area contributed by atoms with Crippen molar-refractivity contribution in [1.29, 1.82) is 0 Å². The van der Waals surface area contributed by atoms with E-state index in [0.717, 1.165) is 22.1 Å². The Balaban J connectivity index is 1.37. The maximum Gasteiger partial charge on any atom is 0.387 e. The van der Waals surface area contributed by atoms with Crippen molar-refractivity contribution in [2.45, 2.75) is 13.2 Å². The van der Waals surface area contributed by atoms with Crippen LogP contribution >= 0.6 is 22.9 Å². The average molecular weight is 460 g/mol. The summed E-state index contributed by atoms with van der Waals surface area (Å²) in [6, 6.07) is 19.7. The summed E-state index contributed by atoms with van der Waals surface area (Å²) in [7, 11) is 0. The molecule has 4 rings (SSSR count). The van der Waals surface area contributed by atoms with Crippen LogP contribution in [0.15, 0.2) is 72.1 Å². The maximum atomic E-state index is 12.5. The van der Waals surface area contributed by atoms with Crippen molar-refractivity contribution >= 4 is 45.3 Å². The van der Waals surface area contributed by atoms with E-state index in [4.69, 9.17) is 16.3 Å². The summed E-state index contributed by atoms with van der Waals surface area (Å²) in [5, 5.41) is 6.75. The van der Waals surface area contributed by atoms with Crippen molar-refractivity contribution in [2.24, 2.45) is 0 Å². The van der Waals surface area contributed by atoms with Crippen LogP contribution in [0.5, 0.6) is 11.5 Å². The van der Waals surface area contributed by atoms with E-state index >= 15 is 0 Å². The number of thiophene rings is 1. The van der Waals surface area contributed by atoms with Gasteiger partial charge in [0.1, 0.15) is 18.1 Å². The van der Waals surface area contributed by atoms with Crippen molar-refractivity contribution in [3.05, 3.63) is 87.6 Å². The first kappa shape index (κ1) is 21.1. The van der Waals surface area contributed by atoms with Crippen molar-refractivity contribution in [2.75, 3.05) is 5.32 Å². The number of carbonyl (C=O) groups excluding carboxylic acids is 1. The van der Waals surface area contributed by atoms with Gasteiger partial charge >= 0.3 is 6.61 Å². The molecular weight excluding hydrogens is 444 g/mol. The van der Waals surface area contributed by atoms with Gasteiger partial charge < -0.3 is 14.8 Å². The molecule has 0 atom stereocenters. The second kappa shape index (κ2) is 9.32. The molecule has 1 heterocycles. The number of fused-ring (bicyclic) bond motifs is 1. The number of ether oxygens (including phenoxy) is 2. The first-order valence-corrected chi connectivity index (χ1v) is 10.5. The van der Waals surface area contributed by atoms with Crippen LogP contribution < -0.4 is 14.8 Å². The molecule has 0 unspecified atom stereocenters. The standard InChI is InChI=1S/C23H16ClF2NO3S/c24-19-11-17(6-8-20(19)30-23(25)26)27-22(28)21-9-14(13-31-21)12-29-18-7-5-15-3-1-2-4-16(15)10-18/h1-11,13,23H,12H2,(H,27,28). The first-order chi connectivity index (χ1) is 15.0. The molecule has 0 radical (unpaired) electrons. The lowest BCUT2D eigenvalue weighted by molar-refractivity contribution is -0.0497. The van der Waals surface area contributed by atoms with E-state index in [-0.39, 0.29) is 16.7 Å². The minimum atomic E-state index is -2.97. The van der Waals surface area contributed by atoms with Crippen molar-refractivity contribution < 1.29 is 23.0 Å². The number of amides is 1. The predicted octanol–water partition coefficient (Wildman–Crippen LogP) is 6.99. The Hall–Kier alpha value is -3.16. The van der Waals surface area contributed by atoms with Gasteiger partial charge in [0.05, 0.1) is 9.90 Å². The number of benzene rings is 3. The number of hydrogen-bond donors (Lipinski definition) is 1. The number of alkyl halides is 2. The summed E-state index contributed by atoms with van der Waals surface area (Å²) < 4.78 is 34.8. The van der Waals surface area contributed by atoms with Crippen LogP contribution in [0.25, 0.3) is 10.8 Å². The van der Waals surface area contributed by atoms with Gasteiger partial charge in [0.2, 0.25) is 0 Å². The van der Waals surface area contributed by atoms with E-state index in [1.807, 2.05) is 47.8 Å². The summed E-state index contributed by atoms with van der Waals surface area (Å²) in [5.41, 5.74) is 1.24. The first-order valence-electron chi connectivity index (χ1n) is 9.22. The average Bonchev–Trinajstić information content (AvgIpc) is 3.23. The van der Waals surface area contributed by atoms with Gasteiger partial charge in [-0.25, -0.2) is 0 Å². The maximum absolute atomic E-state index is 12.5. The van der Waals surface area contributed by atoms with Crippen molar-refractivity contribution in [3.8, 4) is 11.5 Å². The summed E-state index contributed by atoms with van der Waals surface area (Å²) in [6.07, 6.45) is 0. The second-order valence-corrected chi connectivity index (χ2v) is 7.91. The highest BCUT2D eigenvalue weighted by atomic mass is 35.5. The molecule has 4 nitrogen and oxygen atoms in total. The third-order valence-electron chi connectivity index (χ3n) is 4.41. The Morgan fingerprint density at radius 1 is 1.03 bits per heavy atom. The number of rotatable bonds is 7.